The van der Waals surface area contributed by atoms with E-state index < -0.39 is 5.60 Å². The van der Waals surface area contributed by atoms with Crippen molar-refractivity contribution in [3.63, 3.8) is 0 Å². The highest BCUT2D eigenvalue weighted by Gasteiger charge is 2.49. The molecule has 0 unspecified atom stereocenters. The van der Waals surface area contributed by atoms with Crippen molar-refractivity contribution < 1.29 is 14.3 Å². The molecule has 23 heavy (non-hydrogen) atoms. The number of carbonyl (C=O) groups excluding carboxylic acids is 2. The molecular weight excluding hydrogens is 298 g/mol. The average Bonchev–Trinajstić information content (AvgIpc) is 3.18. The van der Waals surface area contributed by atoms with Crippen molar-refractivity contribution >= 4 is 12.0 Å². The number of pyridine rings is 1. The van der Waals surface area contributed by atoms with Gasteiger partial charge in [0.2, 0.25) is 0 Å². The first kappa shape index (κ1) is 14.3. The van der Waals surface area contributed by atoms with E-state index in [0.717, 1.165) is 30.5 Å². The zero-order valence-electron chi connectivity index (χ0n) is 13.1. The summed E-state index contributed by atoms with van der Waals surface area (Å²) in [7, 11) is 1.69. The fraction of sp³-hybridized carbons (Fsp3) is 0.562. The van der Waals surface area contributed by atoms with Crippen molar-refractivity contribution in [2.75, 3.05) is 26.7 Å². The molecule has 7 nitrogen and oxygen atoms in total. The molecule has 1 aromatic rings. The molecule has 0 bridgehead atoms. The van der Waals surface area contributed by atoms with Crippen molar-refractivity contribution in [2.24, 2.45) is 0 Å². The Labute approximate surface area is 133 Å². The maximum atomic E-state index is 12.7. The number of ether oxygens (including phenoxy) is 1. The van der Waals surface area contributed by atoms with Gasteiger partial charge in [-0.05, 0) is 30.9 Å². The first-order chi connectivity index (χ1) is 11.0. The van der Waals surface area contributed by atoms with Crippen molar-refractivity contribution in [2.45, 2.75) is 31.3 Å². The number of aromatic nitrogens is 1. The summed E-state index contributed by atoms with van der Waals surface area (Å²) in [5, 5.41) is 0. The Morgan fingerprint density at radius 2 is 2.13 bits per heavy atom. The van der Waals surface area contributed by atoms with Crippen LogP contribution in [0.25, 0.3) is 0 Å². The topological polar surface area (TPSA) is 82.7 Å². The van der Waals surface area contributed by atoms with Crippen LogP contribution in [0.15, 0.2) is 10.9 Å². The van der Waals surface area contributed by atoms with E-state index >= 15 is 0 Å². The highest BCUT2D eigenvalue weighted by atomic mass is 16.6. The number of likely N-dealkylation sites (N-methyl/N-ethyl adjacent to an activating group) is 1. The summed E-state index contributed by atoms with van der Waals surface area (Å²) in [4.78, 5) is 42.5. The van der Waals surface area contributed by atoms with Crippen LogP contribution in [0.2, 0.25) is 0 Å². The molecule has 3 aliphatic rings. The first-order valence-electron chi connectivity index (χ1n) is 7.96. The summed E-state index contributed by atoms with van der Waals surface area (Å²) in [5.74, 6) is -0.275. The zero-order chi connectivity index (χ0) is 16.2. The van der Waals surface area contributed by atoms with Gasteiger partial charge in [0, 0.05) is 25.7 Å². The van der Waals surface area contributed by atoms with Crippen LogP contribution in [0, 0.1) is 0 Å². The van der Waals surface area contributed by atoms with E-state index in [2.05, 4.69) is 4.98 Å². The van der Waals surface area contributed by atoms with Crippen molar-refractivity contribution in [1.82, 2.24) is 14.8 Å². The van der Waals surface area contributed by atoms with Crippen LogP contribution >= 0.6 is 0 Å². The fourth-order valence-corrected chi connectivity index (χ4v) is 3.87. The van der Waals surface area contributed by atoms with Crippen LogP contribution in [0.1, 0.15) is 34.5 Å². The summed E-state index contributed by atoms with van der Waals surface area (Å²) in [6.45, 7) is 1.32. The van der Waals surface area contributed by atoms with Crippen LogP contribution in [0.3, 0.4) is 0 Å². The second kappa shape index (κ2) is 4.84. The molecule has 0 saturated carbocycles. The minimum absolute atomic E-state index is 0.195. The van der Waals surface area contributed by atoms with E-state index in [9.17, 15) is 14.4 Å². The maximum absolute atomic E-state index is 12.7. The molecule has 1 aliphatic carbocycles. The molecule has 1 spiro atoms. The number of rotatable bonds is 1. The standard InChI is InChI=1S/C16H19N3O4/c1-18-8-16(23-15(18)22)5-6-19(9-16)14(21)11-7-10-3-2-4-12(10)17-13(11)20/h7H,2-6,8-9H2,1H3,(H,17,20)/t16-/m1/s1. The number of hydrogen-bond donors (Lipinski definition) is 1. The van der Waals surface area contributed by atoms with E-state index in [4.69, 9.17) is 4.74 Å². The fourth-order valence-electron chi connectivity index (χ4n) is 3.87. The van der Waals surface area contributed by atoms with Gasteiger partial charge in [0.25, 0.3) is 11.5 Å². The van der Waals surface area contributed by atoms with Crippen LogP contribution in [0.5, 0.6) is 0 Å². The largest absolute Gasteiger partial charge is 0.439 e. The van der Waals surface area contributed by atoms with E-state index in [1.165, 1.54) is 4.90 Å². The number of H-pyrrole nitrogens is 1. The molecule has 7 heteroatoms. The normalized spacial score (nSPS) is 26.0. The van der Waals surface area contributed by atoms with Gasteiger partial charge in [-0.15, -0.1) is 0 Å². The lowest BCUT2D eigenvalue weighted by Crippen LogP contribution is -2.40. The van der Waals surface area contributed by atoms with Crippen molar-refractivity contribution in [3.8, 4) is 0 Å². The van der Waals surface area contributed by atoms with E-state index in [0.29, 0.717) is 26.1 Å². The Bertz CT molecular complexity index is 756. The van der Waals surface area contributed by atoms with Gasteiger partial charge in [-0.1, -0.05) is 0 Å². The first-order valence-corrected chi connectivity index (χ1v) is 7.96. The maximum Gasteiger partial charge on any atom is 0.410 e. The number of aromatic amines is 1. The average molecular weight is 317 g/mol. The minimum atomic E-state index is -0.620. The molecule has 3 heterocycles. The molecule has 0 radical (unpaired) electrons. The predicted octanol–water partition coefficient (Wildman–Crippen LogP) is 0.530. The van der Waals surface area contributed by atoms with Gasteiger partial charge in [-0.25, -0.2) is 4.79 Å². The summed E-state index contributed by atoms with van der Waals surface area (Å²) >= 11 is 0. The van der Waals surface area contributed by atoms with Crippen LogP contribution in [-0.4, -0.2) is 59.1 Å². The Balaban J connectivity index is 1.57. The predicted molar refractivity (Wildman–Crippen MR) is 81.5 cm³/mol. The minimum Gasteiger partial charge on any atom is -0.439 e. The molecule has 1 atom stereocenters. The lowest BCUT2D eigenvalue weighted by Gasteiger charge is -2.21. The molecule has 1 aromatic heterocycles. The number of amides is 2. The number of aryl methyl sites for hydroxylation is 2. The monoisotopic (exact) mass is 317 g/mol. The van der Waals surface area contributed by atoms with E-state index in [1.807, 2.05) is 0 Å². The van der Waals surface area contributed by atoms with Gasteiger partial charge in [0.05, 0.1) is 13.1 Å². The van der Waals surface area contributed by atoms with Crippen LogP contribution in [-0.2, 0) is 17.6 Å². The van der Waals surface area contributed by atoms with Crippen LogP contribution in [0.4, 0.5) is 4.79 Å². The Morgan fingerprint density at radius 3 is 2.87 bits per heavy atom. The molecular formula is C16H19N3O4. The van der Waals surface area contributed by atoms with Gasteiger partial charge in [0.15, 0.2) is 5.60 Å². The summed E-state index contributed by atoms with van der Waals surface area (Å²) in [6, 6.07) is 1.74. The molecule has 2 saturated heterocycles. The van der Waals surface area contributed by atoms with Crippen molar-refractivity contribution in [3.05, 3.63) is 33.2 Å². The molecule has 0 aromatic carbocycles. The molecule has 2 fully saturated rings. The second-order valence-corrected chi connectivity index (χ2v) is 6.75. The Hall–Kier alpha value is -2.31. The number of fused-ring (bicyclic) bond motifs is 1. The number of nitrogens with zero attached hydrogens (tertiary/aromatic N) is 2. The highest BCUT2D eigenvalue weighted by molar-refractivity contribution is 5.94. The van der Waals surface area contributed by atoms with Crippen LogP contribution < -0.4 is 5.56 Å². The SMILES string of the molecule is CN1C[C@@]2(CCN(C(=O)c3cc4c([nH]c3=O)CCC4)C2)OC1=O. The number of nitrogens with one attached hydrogen (secondary N) is 1. The second-order valence-electron chi connectivity index (χ2n) is 6.75. The molecule has 2 amide bonds. The lowest BCUT2D eigenvalue weighted by atomic mass is 10.0. The Morgan fingerprint density at radius 1 is 1.30 bits per heavy atom. The Kier molecular flexibility index (Phi) is 3.01. The number of likely N-dealkylation sites (tertiary alicyclic amines) is 1. The van der Waals surface area contributed by atoms with E-state index in [1.54, 1.807) is 18.0 Å². The quantitative estimate of drug-likeness (QED) is 0.819. The lowest BCUT2D eigenvalue weighted by molar-refractivity contribution is 0.0552. The highest BCUT2D eigenvalue weighted by Crippen LogP contribution is 2.32. The van der Waals surface area contributed by atoms with Gasteiger partial charge >= 0.3 is 6.09 Å². The smallest absolute Gasteiger partial charge is 0.410 e. The van der Waals surface area contributed by atoms with E-state index in [-0.39, 0.29) is 23.1 Å². The van der Waals surface area contributed by atoms with Gasteiger partial charge in [-0.3, -0.25) is 9.59 Å². The van der Waals surface area contributed by atoms with Gasteiger partial charge < -0.3 is 19.5 Å². The molecule has 1 N–H and O–H groups in total. The molecule has 2 aliphatic heterocycles. The number of hydrogen-bond acceptors (Lipinski definition) is 4. The molecule has 4 rings (SSSR count). The number of carbonyl (C=O) groups is 2. The third-order valence-electron chi connectivity index (χ3n) is 5.06. The van der Waals surface area contributed by atoms with Gasteiger partial charge in [0.1, 0.15) is 5.56 Å². The summed E-state index contributed by atoms with van der Waals surface area (Å²) < 4.78 is 5.45. The third kappa shape index (κ3) is 2.22. The third-order valence-corrected chi connectivity index (χ3v) is 5.06. The zero-order valence-corrected chi connectivity index (χ0v) is 13.1. The molecule has 122 valence electrons. The van der Waals surface area contributed by atoms with Crippen molar-refractivity contribution in [1.29, 1.82) is 0 Å². The van der Waals surface area contributed by atoms with Gasteiger partial charge in [-0.2, -0.15) is 0 Å². The summed E-state index contributed by atoms with van der Waals surface area (Å²) in [5.41, 5.74) is 1.27. The summed E-state index contributed by atoms with van der Waals surface area (Å²) in [6.07, 6.45) is 3.04.